The Morgan fingerprint density at radius 1 is 1.44 bits per heavy atom. The minimum Gasteiger partial charge on any atom is -0.465 e. The number of hydrogen-bond acceptors (Lipinski definition) is 4. The first-order valence-electron chi connectivity index (χ1n) is 5.11. The zero-order valence-electron chi connectivity index (χ0n) is 8.47. The topological polar surface area (TPSA) is 55.0 Å². The highest BCUT2D eigenvalue weighted by molar-refractivity contribution is 8.00. The maximum atomic E-state index is 11.3. The number of aromatic nitrogens is 2. The van der Waals surface area contributed by atoms with Crippen molar-refractivity contribution in [3.8, 4) is 0 Å². The van der Waals surface area contributed by atoms with E-state index in [1.807, 2.05) is 24.3 Å². The third-order valence-electron chi connectivity index (χ3n) is 2.51. The molecule has 0 bridgehead atoms. The van der Waals surface area contributed by atoms with E-state index in [-0.39, 0.29) is 11.2 Å². The van der Waals surface area contributed by atoms with E-state index in [4.69, 9.17) is 4.74 Å². The van der Waals surface area contributed by atoms with E-state index >= 15 is 0 Å². The molecule has 0 amide bonds. The smallest absolute Gasteiger partial charge is 0.319 e. The van der Waals surface area contributed by atoms with Gasteiger partial charge in [-0.1, -0.05) is 23.9 Å². The van der Waals surface area contributed by atoms with Crippen LogP contribution < -0.4 is 0 Å². The van der Waals surface area contributed by atoms with Crippen LogP contribution in [0.15, 0.2) is 29.4 Å². The van der Waals surface area contributed by atoms with Gasteiger partial charge >= 0.3 is 5.97 Å². The third-order valence-corrected chi connectivity index (χ3v) is 3.64. The molecule has 1 aliphatic rings. The average molecular weight is 234 g/mol. The number of para-hydroxylation sites is 2. The van der Waals surface area contributed by atoms with Gasteiger partial charge in [-0.3, -0.25) is 4.79 Å². The van der Waals surface area contributed by atoms with E-state index in [0.29, 0.717) is 6.61 Å². The molecule has 2 aromatic rings. The third kappa shape index (κ3) is 1.67. The second kappa shape index (κ2) is 3.83. The molecule has 0 saturated carbocycles. The Hall–Kier alpha value is -1.49. The van der Waals surface area contributed by atoms with Crippen LogP contribution in [0.4, 0.5) is 0 Å². The fourth-order valence-electron chi connectivity index (χ4n) is 1.70. The summed E-state index contributed by atoms with van der Waals surface area (Å²) in [6, 6.07) is 7.82. The first-order valence-corrected chi connectivity index (χ1v) is 5.99. The van der Waals surface area contributed by atoms with E-state index in [1.54, 1.807) is 0 Å². The molecule has 16 heavy (non-hydrogen) atoms. The lowest BCUT2D eigenvalue weighted by atomic mass is 10.3. The SMILES string of the molecule is O=C1OCC[C@@H]1Sc1nc2ccccc2[nH]1. The van der Waals surface area contributed by atoms with E-state index in [1.165, 1.54) is 11.8 Å². The van der Waals surface area contributed by atoms with Crippen LogP contribution in [0.5, 0.6) is 0 Å². The number of ether oxygens (including phenoxy) is 1. The Bertz CT molecular complexity index is 505. The van der Waals surface area contributed by atoms with Gasteiger partial charge in [0, 0.05) is 6.42 Å². The van der Waals surface area contributed by atoms with Crippen LogP contribution in [0, 0.1) is 0 Å². The van der Waals surface area contributed by atoms with Crippen molar-refractivity contribution in [2.75, 3.05) is 6.61 Å². The standard InChI is InChI=1S/C11H10N2O2S/c14-10-9(5-6-15-10)16-11-12-7-3-1-2-4-8(7)13-11/h1-4,9H,5-6H2,(H,12,13)/t9-/m0/s1. The number of benzene rings is 1. The van der Waals surface area contributed by atoms with Gasteiger partial charge in [-0.25, -0.2) is 4.98 Å². The number of rotatable bonds is 2. The summed E-state index contributed by atoms with van der Waals surface area (Å²) < 4.78 is 4.91. The van der Waals surface area contributed by atoms with Crippen LogP contribution in [0.3, 0.4) is 0 Å². The van der Waals surface area contributed by atoms with Gasteiger partial charge in [0.05, 0.1) is 17.6 Å². The maximum Gasteiger partial charge on any atom is 0.319 e. The molecular formula is C11H10N2O2S. The molecule has 0 unspecified atom stereocenters. The Kier molecular flexibility index (Phi) is 2.32. The van der Waals surface area contributed by atoms with Crippen molar-refractivity contribution in [3.63, 3.8) is 0 Å². The largest absolute Gasteiger partial charge is 0.465 e. The number of cyclic esters (lactones) is 1. The quantitative estimate of drug-likeness (QED) is 0.807. The van der Waals surface area contributed by atoms with Crippen molar-refractivity contribution < 1.29 is 9.53 Å². The van der Waals surface area contributed by atoms with Crippen molar-refractivity contribution in [3.05, 3.63) is 24.3 Å². The molecule has 1 atom stereocenters. The van der Waals surface area contributed by atoms with Crippen LogP contribution in [0.25, 0.3) is 11.0 Å². The minimum absolute atomic E-state index is 0.111. The van der Waals surface area contributed by atoms with Crippen molar-refractivity contribution in [2.45, 2.75) is 16.8 Å². The maximum absolute atomic E-state index is 11.3. The lowest BCUT2D eigenvalue weighted by Crippen LogP contribution is -2.09. The van der Waals surface area contributed by atoms with Gasteiger partial charge in [-0.05, 0) is 12.1 Å². The number of carbonyl (C=O) groups is 1. The Balaban J connectivity index is 1.86. The summed E-state index contributed by atoms with van der Waals surface area (Å²) in [6.07, 6.45) is 0.764. The summed E-state index contributed by atoms with van der Waals surface area (Å²) in [6.45, 7) is 0.525. The molecule has 4 nitrogen and oxygen atoms in total. The second-order valence-electron chi connectivity index (χ2n) is 3.62. The average Bonchev–Trinajstić information content (AvgIpc) is 2.85. The van der Waals surface area contributed by atoms with E-state index < -0.39 is 0 Å². The minimum atomic E-state index is -0.134. The lowest BCUT2D eigenvalue weighted by Gasteiger charge is -2.00. The number of hydrogen-bond donors (Lipinski definition) is 1. The van der Waals surface area contributed by atoms with Crippen LogP contribution in [-0.4, -0.2) is 27.8 Å². The van der Waals surface area contributed by atoms with Crippen molar-refractivity contribution in [1.82, 2.24) is 9.97 Å². The normalized spacial score (nSPS) is 20.2. The molecule has 5 heteroatoms. The van der Waals surface area contributed by atoms with Gasteiger partial charge in [-0.15, -0.1) is 0 Å². The molecule has 1 aliphatic heterocycles. The van der Waals surface area contributed by atoms with Crippen molar-refractivity contribution in [2.24, 2.45) is 0 Å². The first-order chi connectivity index (χ1) is 7.83. The summed E-state index contributed by atoms with van der Waals surface area (Å²) in [5.41, 5.74) is 1.92. The molecule has 0 aliphatic carbocycles. The number of fused-ring (bicyclic) bond motifs is 1. The Morgan fingerprint density at radius 3 is 3.06 bits per heavy atom. The van der Waals surface area contributed by atoms with Gasteiger partial charge in [0.15, 0.2) is 5.16 Å². The van der Waals surface area contributed by atoms with E-state index in [9.17, 15) is 4.79 Å². The zero-order valence-corrected chi connectivity index (χ0v) is 9.29. The number of esters is 1. The molecule has 0 spiro atoms. The fourth-order valence-corrected chi connectivity index (χ4v) is 2.67. The number of nitrogens with zero attached hydrogens (tertiary/aromatic N) is 1. The Morgan fingerprint density at radius 2 is 2.31 bits per heavy atom. The van der Waals surface area contributed by atoms with E-state index in [2.05, 4.69) is 9.97 Å². The van der Waals surface area contributed by atoms with Crippen LogP contribution >= 0.6 is 11.8 Å². The van der Waals surface area contributed by atoms with Crippen molar-refractivity contribution in [1.29, 1.82) is 0 Å². The predicted octanol–water partition coefficient (Wildman–Crippen LogP) is 1.97. The van der Waals surface area contributed by atoms with Gasteiger partial charge in [0.2, 0.25) is 0 Å². The predicted molar refractivity (Wildman–Crippen MR) is 61.3 cm³/mol. The fraction of sp³-hybridized carbons (Fsp3) is 0.273. The molecular weight excluding hydrogens is 224 g/mol. The highest BCUT2D eigenvalue weighted by Crippen LogP contribution is 2.28. The van der Waals surface area contributed by atoms with Gasteiger partial charge in [-0.2, -0.15) is 0 Å². The number of thioether (sulfide) groups is 1. The van der Waals surface area contributed by atoms with Gasteiger partial charge in [0.25, 0.3) is 0 Å². The second-order valence-corrected chi connectivity index (χ2v) is 4.81. The number of nitrogens with one attached hydrogen (secondary N) is 1. The summed E-state index contributed by atoms with van der Waals surface area (Å²) in [5.74, 6) is -0.134. The molecule has 1 aromatic heterocycles. The van der Waals surface area contributed by atoms with Crippen LogP contribution in [0.1, 0.15) is 6.42 Å². The van der Waals surface area contributed by atoms with Gasteiger partial charge < -0.3 is 9.72 Å². The first kappa shape index (κ1) is 9.72. The Labute approximate surface area is 96.4 Å². The monoisotopic (exact) mass is 234 g/mol. The molecule has 3 rings (SSSR count). The summed E-state index contributed by atoms with van der Waals surface area (Å²) >= 11 is 1.44. The highest BCUT2D eigenvalue weighted by atomic mass is 32.2. The zero-order chi connectivity index (χ0) is 11.0. The summed E-state index contributed by atoms with van der Waals surface area (Å²) in [7, 11) is 0. The van der Waals surface area contributed by atoms with E-state index in [0.717, 1.165) is 22.6 Å². The number of H-pyrrole nitrogens is 1. The molecule has 1 N–H and O–H groups in total. The van der Waals surface area contributed by atoms with Gasteiger partial charge in [0.1, 0.15) is 5.25 Å². The molecule has 1 fully saturated rings. The highest BCUT2D eigenvalue weighted by Gasteiger charge is 2.28. The van der Waals surface area contributed by atoms with Crippen molar-refractivity contribution >= 4 is 28.8 Å². The summed E-state index contributed by atoms with van der Waals surface area (Å²) in [5, 5.41) is 0.672. The lowest BCUT2D eigenvalue weighted by molar-refractivity contribution is -0.137. The number of carbonyl (C=O) groups excluding carboxylic acids is 1. The molecule has 0 radical (unpaired) electrons. The van der Waals surface area contributed by atoms with Crippen LogP contribution in [-0.2, 0) is 9.53 Å². The molecule has 2 heterocycles. The van der Waals surface area contributed by atoms with Crippen LogP contribution in [0.2, 0.25) is 0 Å². The number of aromatic amines is 1. The number of imidazole rings is 1. The molecule has 82 valence electrons. The molecule has 1 aromatic carbocycles. The molecule has 1 saturated heterocycles. The summed E-state index contributed by atoms with van der Waals surface area (Å²) in [4.78, 5) is 18.9.